The molecule has 0 aliphatic heterocycles. The average molecular weight is 395 g/mol. The molecule has 0 N–H and O–H groups in total. The summed E-state index contributed by atoms with van der Waals surface area (Å²) >= 11 is 1.99. The summed E-state index contributed by atoms with van der Waals surface area (Å²) in [5, 5.41) is 11.3. The second kappa shape index (κ2) is 7.31. The Kier molecular flexibility index (Phi) is 5.44. The molecule has 0 aromatic heterocycles. The molecule has 0 heterocycles. The SMILES string of the molecule is O=C(c1ccccc1)C(I)CC(c1ccccc1)[N+](=O)[O-]. The maximum atomic E-state index is 12.3. The number of carbonyl (C=O) groups is 1. The second-order valence-electron chi connectivity index (χ2n) is 4.65. The Morgan fingerprint density at radius 3 is 2.10 bits per heavy atom. The zero-order valence-electron chi connectivity index (χ0n) is 11.2. The Balaban J connectivity index is 2.14. The van der Waals surface area contributed by atoms with Gasteiger partial charge in [0.2, 0.25) is 6.04 Å². The highest BCUT2D eigenvalue weighted by molar-refractivity contribution is 14.1. The zero-order valence-corrected chi connectivity index (χ0v) is 13.3. The Bertz CT molecular complexity index is 616. The van der Waals surface area contributed by atoms with Gasteiger partial charge >= 0.3 is 0 Å². The minimum Gasteiger partial charge on any atom is -0.293 e. The van der Waals surface area contributed by atoms with E-state index in [-0.39, 0.29) is 17.1 Å². The minimum atomic E-state index is -0.860. The van der Waals surface area contributed by atoms with E-state index >= 15 is 0 Å². The number of ketones is 1. The van der Waals surface area contributed by atoms with Crippen LogP contribution in [0.1, 0.15) is 28.4 Å². The van der Waals surface area contributed by atoms with Gasteiger partial charge in [-0.1, -0.05) is 83.3 Å². The van der Waals surface area contributed by atoms with Gasteiger partial charge in [0.1, 0.15) is 0 Å². The standard InChI is InChI=1S/C16H14INO3/c17-14(16(19)13-9-5-2-6-10-13)11-15(18(20)21)12-7-3-1-4-8-12/h1-10,14-15H,11H2. The van der Waals surface area contributed by atoms with Crippen LogP contribution in [-0.2, 0) is 0 Å². The van der Waals surface area contributed by atoms with Crippen LogP contribution < -0.4 is 0 Å². The predicted octanol–water partition coefficient (Wildman–Crippen LogP) is 4.08. The lowest BCUT2D eigenvalue weighted by molar-refractivity contribution is -0.529. The largest absolute Gasteiger partial charge is 0.293 e. The van der Waals surface area contributed by atoms with Crippen molar-refractivity contribution in [1.29, 1.82) is 0 Å². The van der Waals surface area contributed by atoms with E-state index < -0.39 is 9.97 Å². The molecule has 4 nitrogen and oxygen atoms in total. The molecule has 0 aliphatic carbocycles. The molecule has 21 heavy (non-hydrogen) atoms. The van der Waals surface area contributed by atoms with Crippen LogP contribution in [0.5, 0.6) is 0 Å². The summed E-state index contributed by atoms with van der Waals surface area (Å²) in [5.41, 5.74) is 1.22. The Labute approximate surface area is 136 Å². The van der Waals surface area contributed by atoms with Crippen molar-refractivity contribution >= 4 is 28.4 Å². The first kappa shape index (κ1) is 15.6. The van der Waals surface area contributed by atoms with Crippen molar-refractivity contribution in [3.63, 3.8) is 0 Å². The molecule has 2 unspecified atom stereocenters. The van der Waals surface area contributed by atoms with Crippen molar-refractivity contribution in [2.24, 2.45) is 0 Å². The molecule has 108 valence electrons. The van der Waals surface area contributed by atoms with Crippen LogP contribution in [-0.4, -0.2) is 14.6 Å². The van der Waals surface area contributed by atoms with Gasteiger partial charge in [-0.2, -0.15) is 0 Å². The third-order valence-corrected chi connectivity index (χ3v) is 4.29. The molecule has 0 radical (unpaired) electrons. The van der Waals surface area contributed by atoms with Gasteiger partial charge in [-0.15, -0.1) is 0 Å². The maximum absolute atomic E-state index is 12.3. The fourth-order valence-corrected chi connectivity index (χ4v) is 2.95. The normalized spacial score (nSPS) is 13.4. The van der Waals surface area contributed by atoms with Crippen LogP contribution in [0, 0.1) is 10.1 Å². The van der Waals surface area contributed by atoms with E-state index in [9.17, 15) is 14.9 Å². The van der Waals surface area contributed by atoms with Crippen LogP contribution in [0.25, 0.3) is 0 Å². The highest BCUT2D eigenvalue weighted by Crippen LogP contribution is 2.27. The summed E-state index contributed by atoms with van der Waals surface area (Å²) in [4.78, 5) is 23.3. The first-order chi connectivity index (χ1) is 10.1. The van der Waals surface area contributed by atoms with Gasteiger partial charge < -0.3 is 0 Å². The van der Waals surface area contributed by atoms with E-state index in [1.54, 1.807) is 48.5 Å². The van der Waals surface area contributed by atoms with Crippen molar-refractivity contribution in [2.45, 2.75) is 16.4 Å². The van der Waals surface area contributed by atoms with E-state index in [0.29, 0.717) is 11.1 Å². The fraction of sp³-hybridized carbons (Fsp3) is 0.188. The summed E-state index contributed by atoms with van der Waals surface area (Å²) in [7, 11) is 0. The first-order valence-corrected chi connectivity index (χ1v) is 7.76. The summed E-state index contributed by atoms with van der Waals surface area (Å²) in [6.07, 6.45) is 0.186. The van der Waals surface area contributed by atoms with Gasteiger partial charge in [0.25, 0.3) is 0 Å². The molecule has 0 fully saturated rings. The fourth-order valence-electron chi connectivity index (χ4n) is 2.11. The van der Waals surface area contributed by atoms with Gasteiger partial charge in [0.15, 0.2) is 5.78 Å². The van der Waals surface area contributed by atoms with Crippen LogP contribution >= 0.6 is 22.6 Å². The molecule has 2 rings (SSSR count). The smallest absolute Gasteiger partial charge is 0.239 e. The molecule has 0 saturated heterocycles. The predicted molar refractivity (Wildman–Crippen MR) is 89.4 cm³/mol. The monoisotopic (exact) mass is 395 g/mol. The summed E-state index contributed by atoms with van der Waals surface area (Å²) in [6, 6.07) is 16.8. The molecule has 0 aliphatic rings. The van der Waals surface area contributed by atoms with Crippen LogP contribution in [0.4, 0.5) is 0 Å². The number of nitro groups is 1. The molecular weight excluding hydrogens is 381 g/mol. The van der Waals surface area contributed by atoms with Gasteiger partial charge in [0.05, 0.1) is 3.92 Å². The van der Waals surface area contributed by atoms with E-state index in [0.717, 1.165) is 0 Å². The molecular formula is C16H14INO3. The van der Waals surface area contributed by atoms with Crippen LogP contribution in [0.3, 0.4) is 0 Å². The van der Waals surface area contributed by atoms with Gasteiger partial charge in [-0.3, -0.25) is 14.9 Å². The van der Waals surface area contributed by atoms with E-state index in [1.807, 2.05) is 34.7 Å². The Morgan fingerprint density at radius 2 is 1.57 bits per heavy atom. The van der Waals surface area contributed by atoms with Crippen molar-refractivity contribution in [2.75, 3.05) is 0 Å². The molecule has 2 aromatic carbocycles. The number of nitrogens with zero attached hydrogens (tertiary/aromatic N) is 1. The Morgan fingerprint density at radius 1 is 1.05 bits per heavy atom. The molecule has 0 saturated carbocycles. The van der Waals surface area contributed by atoms with Gasteiger partial charge in [-0.05, 0) is 0 Å². The lowest BCUT2D eigenvalue weighted by Gasteiger charge is -2.13. The molecule has 2 atom stereocenters. The second-order valence-corrected chi connectivity index (χ2v) is 6.15. The van der Waals surface area contributed by atoms with Crippen molar-refractivity contribution in [3.05, 3.63) is 81.9 Å². The van der Waals surface area contributed by atoms with Gasteiger partial charge in [-0.25, -0.2) is 0 Å². The minimum absolute atomic E-state index is 0.0704. The maximum Gasteiger partial charge on any atom is 0.239 e. The molecule has 0 amide bonds. The van der Waals surface area contributed by atoms with Crippen molar-refractivity contribution in [3.8, 4) is 0 Å². The number of halogens is 1. The quantitative estimate of drug-likeness (QED) is 0.244. The Hall–Kier alpha value is -1.76. The number of rotatable bonds is 6. The number of carbonyl (C=O) groups excluding carboxylic acids is 1. The first-order valence-electron chi connectivity index (χ1n) is 6.51. The highest BCUT2D eigenvalue weighted by Gasteiger charge is 2.29. The summed E-state index contributed by atoms with van der Waals surface area (Å²) < 4.78 is -0.430. The molecule has 0 spiro atoms. The summed E-state index contributed by atoms with van der Waals surface area (Å²) in [6.45, 7) is 0. The third-order valence-electron chi connectivity index (χ3n) is 3.21. The average Bonchev–Trinajstić information content (AvgIpc) is 2.53. The van der Waals surface area contributed by atoms with Gasteiger partial charge in [0, 0.05) is 22.5 Å². The number of hydrogen-bond donors (Lipinski definition) is 0. The third kappa shape index (κ3) is 4.10. The lowest BCUT2D eigenvalue weighted by Crippen LogP contribution is -2.21. The summed E-state index contributed by atoms with van der Waals surface area (Å²) in [5.74, 6) is -0.0704. The topological polar surface area (TPSA) is 60.2 Å². The van der Waals surface area contributed by atoms with E-state index in [2.05, 4.69) is 0 Å². The zero-order chi connectivity index (χ0) is 15.2. The molecule has 2 aromatic rings. The highest BCUT2D eigenvalue weighted by atomic mass is 127. The van der Waals surface area contributed by atoms with Crippen LogP contribution in [0.2, 0.25) is 0 Å². The van der Waals surface area contributed by atoms with Crippen molar-refractivity contribution in [1.82, 2.24) is 0 Å². The number of benzene rings is 2. The number of hydrogen-bond acceptors (Lipinski definition) is 3. The molecule has 5 heteroatoms. The van der Waals surface area contributed by atoms with Crippen molar-refractivity contribution < 1.29 is 9.72 Å². The van der Waals surface area contributed by atoms with E-state index in [1.165, 1.54) is 0 Å². The lowest BCUT2D eigenvalue weighted by atomic mass is 9.99. The van der Waals surface area contributed by atoms with Crippen LogP contribution in [0.15, 0.2) is 60.7 Å². The number of alkyl halides is 1. The number of Topliss-reactive ketones (excluding diaryl/α,β-unsaturated/α-hetero) is 1. The molecule has 0 bridgehead atoms. The van der Waals surface area contributed by atoms with E-state index in [4.69, 9.17) is 0 Å².